The monoisotopic (exact) mass is 443 g/mol. The van der Waals surface area contributed by atoms with Crippen molar-refractivity contribution in [2.75, 3.05) is 6.79 Å². The van der Waals surface area contributed by atoms with E-state index in [1.165, 1.54) is 4.68 Å². The Hall–Kier alpha value is -4.31. The maximum absolute atomic E-state index is 13.3. The lowest BCUT2D eigenvalue weighted by atomic mass is 9.95. The molecule has 0 amide bonds. The molecule has 0 radical (unpaired) electrons. The van der Waals surface area contributed by atoms with Crippen molar-refractivity contribution < 1.29 is 28.8 Å². The first-order valence-electron chi connectivity index (χ1n) is 10.2. The number of benzene rings is 1. The summed E-state index contributed by atoms with van der Waals surface area (Å²) >= 11 is 0. The number of rotatable bonds is 1. The Morgan fingerprint density at radius 3 is 2.73 bits per heavy atom. The van der Waals surface area contributed by atoms with Crippen LogP contribution < -0.4 is 15.0 Å². The number of aliphatic hydroxyl groups is 1. The van der Waals surface area contributed by atoms with E-state index in [9.17, 15) is 14.7 Å². The SMILES string of the molecule is C=[N+]1C=CC(c2c3c(nc4cc5c(cc24)OCO5)-c2cc4c(c(=O)n2C3)COC(=O)C4O)=N1. The molecule has 10 heteroatoms. The lowest BCUT2D eigenvalue weighted by Crippen LogP contribution is -2.32. The molecule has 33 heavy (non-hydrogen) atoms. The second-order valence-electron chi connectivity index (χ2n) is 8.14. The van der Waals surface area contributed by atoms with E-state index in [-0.39, 0.29) is 36.6 Å². The highest BCUT2D eigenvalue weighted by Crippen LogP contribution is 2.42. The number of esters is 1. The van der Waals surface area contributed by atoms with Crippen LogP contribution in [0.25, 0.3) is 22.3 Å². The number of fused-ring (bicyclic) bond motifs is 6. The van der Waals surface area contributed by atoms with E-state index in [1.807, 2.05) is 12.1 Å². The van der Waals surface area contributed by atoms with Crippen LogP contribution in [0.2, 0.25) is 0 Å². The highest BCUT2D eigenvalue weighted by Gasteiger charge is 2.36. The number of aliphatic hydroxyl groups excluding tert-OH is 1. The third-order valence-electron chi connectivity index (χ3n) is 6.35. The molecule has 1 N–H and O–H groups in total. The van der Waals surface area contributed by atoms with Crippen LogP contribution in [0.4, 0.5) is 0 Å². The van der Waals surface area contributed by atoms with E-state index in [2.05, 4.69) is 11.8 Å². The number of ether oxygens (including phenoxy) is 3. The van der Waals surface area contributed by atoms with Crippen molar-refractivity contribution in [3.63, 3.8) is 0 Å². The number of cyclic esters (lactones) is 1. The molecule has 4 aliphatic rings. The summed E-state index contributed by atoms with van der Waals surface area (Å²) in [6, 6.07) is 5.33. The lowest BCUT2D eigenvalue weighted by Gasteiger charge is -2.21. The van der Waals surface area contributed by atoms with E-state index >= 15 is 0 Å². The van der Waals surface area contributed by atoms with E-state index in [0.717, 1.165) is 16.5 Å². The predicted molar refractivity (Wildman–Crippen MR) is 114 cm³/mol. The van der Waals surface area contributed by atoms with Gasteiger partial charge in [0.25, 0.3) is 5.56 Å². The maximum Gasteiger partial charge on any atom is 0.340 e. The summed E-state index contributed by atoms with van der Waals surface area (Å²) in [7, 11) is 0. The molecular formula is C23H15N4O6+. The third kappa shape index (κ3) is 2.38. The Labute approximate surface area is 185 Å². The van der Waals surface area contributed by atoms with Gasteiger partial charge in [-0.15, -0.1) is 0 Å². The fourth-order valence-electron chi connectivity index (χ4n) is 4.80. The van der Waals surface area contributed by atoms with Gasteiger partial charge in [-0.05, 0) is 12.1 Å². The molecule has 0 spiro atoms. The van der Waals surface area contributed by atoms with E-state index < -0.39 is 12.1 Å². The van der Waals surface area contributed by atoms with Crippen LogP contribution in [0.3, 0.4) is 0 Å². The number of hydrogen-bond donors (Lipinski definition) is 1. The fourth-order valence-corrected chi connectivity index (χ4v) is 4.80. The highest BCUT2D eigenvalue weighted by molar-refractivity contribution is 6.18. The van der Waals surface area contributed by atoms with Crippen LogP contribution >= 0.6 is 0 Å². The van der Waals surface area contributed by atoms with Gasteiger partial charge >= 0.3 is 5.97 Å². The summed E-state index contributed by atoms with van der Waals surface area (Å²) in [5, 5.41) is 15.7. The van der Waals surface area contributed by atoms with Gasteiger partial charge in [0.1, 0.15) is 12.3 Å². The number of nitrogens with zero attached hydrogens (tertiary/aromatic N) is 4. The van der Waals surface area contributed by atoms with Crippen LogP contribution in [0.5, 0.6) is 11.5 Å². The molecule has 4 aliphatic heterocycles. The molecule has 1 unspecified atom stereocenters. The average molecular weight is 443 g/mol. The largest absolute Gasteiger partial charge is 0.458 e. The maximum atomic E-state index is 13.3. The fraction of sp³-hybridized carbons (Fsp3) is 0.174. The Morgan fingerprint density at radius 2 is 1.94 bits per heavy atom. The minimum atomic E-state index is -1.51. The summed E-state index contributed by atoms with van der Waals surface area (Å²) < 4.78 is 19.1. The van der Waals surface area contributed by atoms with E-state index in [4.69, 9.17) is 19.2 Å². The normalized spacial score (nSPS) is 19.4. The molecule has 0 saturated heterocycles. The first-order chi connectivity index (χ1) is 16.0. The standard InChI is InChI=1S/C23H15N4O6/c1-26-3-2-14(25-26)19-11-5-17-18(33-9-32-17)6-15(11)24-20-12(19)7-27-16(20)4-10-13(22(27)29)8-31-23(30)21(10)28/h2-6,21,28H,1,7-9H2/q+1. The molecule has 0 aliphatic carbocycles. The Bertz CT molecular complexity index is 1600. The summed E-state index contributed by atoms with van der Waals surface area (Å²) in [4.78, 5) is 30.1. The lowest BCUT2D eigenvalue weighted by molar-refractivity contribution is -0.448. The molecular weight excluding hydrogens is 428 g/mol. The molecule has 6 heterocycles. The zero-order chi connectivity index (χ0) is 22.4. The number of pyridine rings is 2. The average Bonchev–Trinajstić information content (AvgIpc) is 3.52. The molecule has 0 saturated carbocycles. The van der Waals surface area contributed by atoms with Crippen molar-refractivity contribution in [1.82, 2.24) is 9.55 Å². The van der Waals surface area contributed by atoms with Gasteiger partial charge < -0.3 is 23.9 Å². The topological polar surface area (TPSA) is 115 Å². The summed E-state index contributed by atoms with van der Waals surface area (Å²) in [5.41, 5.74) is 4.25. The number of carbonyl (C=O) groups excluding carboxylic acids is 1. The molecule has 162 valence electrons. The summed E-state index contributed by atoms with van der Waals surface area (Å²) in [6.45, 7) is 4.06. The van der Waals surface area contributed by atoms with Crippen LogP contribution in [0.15, 0.2) is 40.4 Å². The van der Waals surface area contributed by atoms with Crippen molar-refractivity contribution in [1.29, 1.82) is 0 Å². The zero-order valence-electron chi connectivity index (χ0n) is 17.1. The van der Waals surface area contributed by atoms with Crippen LogP contribution in [0, 0.1) is 0 Å². The molecule has 10 nitrogen and oxygen atoms in total. The number of carbonyl (C=O) groups is 1. The minimum Gasteiger partial charge on any atom is -0.458 e. The molecule has 2 aromatic heterocycles. The van der Waals surface area contributed by atoms with Gasteiger partial charge in [0.15, 0.2) is 24.3 Å². The highest BCUT2D eigenvalue weighted by atomic mass is 16.7. The molecule has 0 bridgehead atoms. The van der Waals surface area contributed by atoms with Gasteiger partial charge in [-0.3, -0.25) is 4.79 Å². The number of hydrogen-bond acceptors (Lipinski definition) is 8. The number of hydrazone groups is 1. The second-order valence-corrected chi connectivity index (χ2v) is 8.14. The molecule has 7 rings (SSSR count). The first-order valence-corrected chi connectivity index (χ1v) is 10.2. The van der Waals surface area contributed by atoms with Crippen molar-refractivity contribution in [2.24, 2.45) is 5.10 Å². The van der Waals surface area contributed by atoms with Crippen molar-refractivity contribution in [3.8, 4) is 22.9 Å². The van der Waals surface area contributed by atoms with Crippen molar-refractivity contribution >= 4 is 29.3 Å². The van der Waals surface area contributed by atoms with Crippen LogP contribution in [-0.2, 0) is 22.7 Å². The molecule has 1 atom stereocenters. The minimum absolute atomic E-state index is 0.132. The predicted octanol–water partition coefficient (Wildman–Crippen LogP) is 1.19. The van der Waals surface area contributed by atoms with Gasteiger partial charge in [0, 0.05) is 39.3 Å². The first kappa shape index (κ1) is 18.3. The van der Waals surface area contributed by atoms with Crippen molar-refractivity contribution in [2.45, 2.75) is 19.3 Å². The van der Waals surface area contributed by atoms with Gasteiger partial charge in [-0.2, -0.15) is 0 Å². The van der Waals surface area contributed by atoms with E-state index in [1.54, 1.807) is 22.9 Å². The Balaban J connectivity index is 1.56. The van der Waals surface area contributed by atoms with Crippen LogP contribution in [-0.4, -0.2) is 44.5 Å². The Kier molecular flexibility index (Phi) is 3.40. The molecule has 3 aromatic rings. The van der Waals surface area contributed by atoms with Gasteiger partial charge in [-0.25, -0.2) is 9.78 Å². The second kappa shape index (κ2) is 6.14. The van der Waals surface area contributed by atoms with Gasteiger partial charge in [-0.1, -0.05) is 4.68 Å². The van der Waals surface area contributed by atoms with Gasteiger partial charge in [0.05, 0.1) is 29.0 Å². The number of allylic oxidation sites excluding steroid dienone is 1. The smallest absolute Gasteiger partial charge is 0.340 e. The van der Waals surface area contributed by atoms with Crippen molar-refractivity contribution in [3.05, 3.63) is 63.1 Å². The number of aromatic nitrogens is 2. The zero-order valence-corrected chi connectivity index (χ0v) is 17.1. The van der Waals surface area contributed by atoms with Crippen LogP contribution in [0.1, 0.15) is 28.4 Å². The summed E-state index contributed by atoms with van der Waals surface area (Å²) in [6.07, 6.45) is 2.08. The summed E-state index contributed by atoms with van der Waals surface area (Å²) in [5.74, 6) is 0.426. The quantitative estimate of drug-likeness (QED) is 0.347. The molecule has 0 fully saturated rings. The molecule has 1 aromatic carbocycles. The van der Waals surface area contributed by atoms with Gasteiger partial charge in [0.2, 0.25) is 13.0 Å². The third-order valence-corrected chi connectivity index (χ3v) is 6.35. The van der Waals surface area contributed by atoms with E-state index in [0.29, 0.717) is 34.1 Å². The Morgan fingerprint density at radius 1 is 1.12 bits per heavy atom.